The van der Waals surface area contributed by atoms with E-state index in [1.165, 1.54) is 32.1 Å². The molecule has 0 aliphatic heterocycles. The molecule has 0 spiro atoms. The first kappa shape index (κ1) is 17.0. The topological polar surface area (TPSA) is 47.0 Å². The lowest BCUT2D eigenvalue weighted by Crippen LogP contribution is -2.17. The molecule has 0 amide bonds. The lowest BCUT2D eigenvalue weighted by Gasteiger charge is -2.22. The minimum absolute atomic E-state index is 0.414. The molecule has 1 aliphatic rings. The van der Waals surface area contributed by atoms with Crippen molar-refractivity contribution in [3.63, 3.8) is 0 Å². The molecule has 0 saturated heterocycles. The lowest BCUT2D eigenvalue weighted by atomic mass is 9.89. The molecule has 0 radical (unpaired) electrons. The molecule has 124 valence electrons. The number of rotatable bonds is 8. The van der Waals surface area contributed by atoms with E-state index >= 15 is 0 Å². The Hall–Kier alpha value is -1.32. The number of ether oxygens (including phenoxy) is 1. The zero-order valence-electron chi connectivity index (χ0n) is 14.4. The monoisotopic (exact) mass is 305 g/mol. The van der Waals surface area contributed by atoms with Crippen LogP contribution in [0.2, 0.25) is 0 Å². The molecule has 1 saturated carbocycles. The summed E-state index contributed by atoms with van der Waals surface area (Å²) in [6, 6.07) is 2.37. The van der Waals surface area contributed by atoms with Crippen molar-refractivity contribution < 1.29 is 4.74 Å². The fourth-order valence-corrected chi connectivity index (χ4v) is 2.81. The highest BCUT2D eigenvalue weighted by Crippen LogP contribution is 2.32. The van der Waals surface area contributed by atoms with Crippen molar-refractivity contribution in [3.05, 3.63) is 11.9 Å². The molecular formula is C18H31N3O. The molecule has 1 aromatic rings. The van der Waals surface area contributed by atoms with Gasteiger partial charge in [0, 0.05) is 18.0 Å². The molecule has 1 fully saturated rings. The smallest absolute Gasteiger partial charge is 0.218 e. The third-order valence-electron chi connectivity index (χ3n) is 4.44. The van der Waals surface area contributed by atoms with E-state index in [4.69, 9.17) is 9.72 Å². The van der Waals surface area contributed by atoms with Gasteiger partial charge in [-0.2, -0.15) is 4.98 Å². The third-order valence-corrected chi connectivity index (χ3v) is 4.44. The van der Waals surface area contributed by atoms with Crippen LogP contribution in [0.1, 0.15) is 83.9 Å². The maximum absolute atomic E-state index is 5.84. The van der Waals surface area contributed by atoms with Gasteiger partial charge in [-0.15, -0.1) is 0 Å². The average Bonchev–Trinajstić information content (AvgIpc) is 2.55. The van der Waals surface area contributed by atoms with Crippen molar-refractivity contribution >= 4 is 5.82 Å². The molecule has 4 heteroatoms. The van der Waals surface area contributed by atoms with Crippen LogP contribution in [0.15, 0.2) is 6.07 Å². The van der Waals surface area contributed by atoms with Gasteiger partial charge in [0.15, 0.2) is 0 Å². The summed E-state index contributed by atoms with van der Waals surface area (Å²) in [7, 11) is 0. The van der Waals surface area contributed by atoms with Gasteiger partial charge in [0.05, 0.1) is 6.61 Å². The fraction of sp³-hybridized carbons (Fsp3) is 0.778. The predicted octanol–water partition coefficient (Wildman–Crippen LogP) is 4.91. The summed E-state index contributed by atoms with van der Waals surface area (Å²) in [4.78, 5) is 9.46. The number of nitrogens with one attached hydrogen (secondary N) is 1. The second-order valence-electron chi connectivity index (χ2n) is 6.44. The van der Waals surface area contributed by atoms with E-state index in [0.717, 1.165) is 43.4 Å². The summed E-state index contributed by atoms with van der Waals surface area (Å²) in [5.74, 6) is 3.12. The van der Waals surface area contributed by atoms with E-state index in [0.29, 0.717) is 12.0 Å². The molecule has 1 heterocycles. The summed E-state index contributed by atoms with van der Waals surface area (Å²) in [6.45, 7) is 7.27. The lowest BCUT2D eigenvalue weighted by molar-refractivity contribution is 0.294. The van der Waals surface area contributed by atoms with Crippen LogP contribution in [-0.4, -0.2) is 22.6 Å². The van der Waals surface area contributed by atoms with Crippen LogP contribution >= 0.6 is 0 Å². The number of aromatic nitrogens is 2. The molecule has 2 rings (SSSR count). The van der Waals surface area contributed by atoms with Crippen LogP contribution in [0.25, 0.3) is 0 Å². The highest BCUT2D eigenvalue weighted by molar-refractivity contribution is 5.39. The van der Waals surface area contributed by atoms with Crippen LogP contribution in [-0.2, 0) is 0 Å². The van der Waals surface area contributed by atoms with E-state index < -0.39 is 0 Å². The van der Waals surface area contributed by atoms with Gasteiger partial charge in [0.25, 0.3) is 0 Å². The van der Waals surface area contributed by atoms with Gasteiger partial charge >= 0.3 is 0 Å². The highest BCUT2D eigenvalue weighted by Gasteiger charge is 2.20. The average molecular weight is 305 g/mol. The van der Waals surface area contributed by atoms with Crippen molar-refractivity contribution in [2.75, 3.05) is 11.9 Å². The predicted molar refractivity (Wildman–Crippen MR) is 91.6 cm³/mol. The van der Waals surface area contributed by atoms with Crippen LogP contribution in [0.4, 0.5) is 5.82 Å². The van der Waals surface area contributed by atoms with Gasteiger partial charge in [-0.1, -0.05) is 39.5 Å². The fourth-order valence-electron chi connectivity index (χ4n) is 2.81. The Kier molecular flexibility index (Phi) is 6.94. The van der Waals surface area contributed by atoms with E-state index in [1.54, 1.807) is 0 Å². The Morgan fingerprint density at radius 2 is 2.00 bits per heavy atom. The molecule has 1 N–H and O–H groups in total. The maximum atomic E-state index is 5.84. The van der Waals surface area contributed by atoms with E-state index in [1.807, 2.05) is 6.07 Å². The molecule has 1 unspecified atom stereocenters. The summed E-state index contributed by atoms with van der Waals surface area (Å²) >= 11 is 0. The second-order valence-corrected chi connectivity index (χ2v) is 6.44. The van der Waals surface area contributed by atoms with Crippen LogP contribution in [0, 0.1) is 0 Å². The van der Waals surface area contributed by atoms with Crippen molar-refractivity contribution in [2.45, 2.75) is 84.1 Å². The van der Waals surface area contributed by atoms with Crippen molar-refractivity contribution in [1.82, 2.24) is 9.97 Å². The largest absolute Gasteiger partial charge is 0.478 e. The highest BCUT2D eigenvalue weighted by atomic mass is 16.5. The molecule has 1 aromatic heterocycles. The van der Waals surface area contributed by atoms with Gasteiger partial charge in [-0.25, -0.2) is 4.98 Å². The second kappa shape index (κ2) is 8.96. The molecule has 1 atom stereocenters. The third kappa shape index (κ3) is 5.15. The standard InChI is InChI=1S/C18H31N3O/c1-4-6-12-22-17-13-16(19-14(3)5-2)20-18(21-17)15-10-8-7-9-11-15/h13-15H,4-12H2,1-3H3,(H,19,20,21). The summed E-state index contributed by atoms with van der Waals surface area (Å²) in [6.07, 6.45) is 9.64. The van der Waals surface area contributed by atoms with Crippen LogP contribution in [0.3, 0.4) is 0 Å². The zero-order valence-corrected chi connectivity index (χ0v) is 14.4. The van der Waals surface area contributed by atoms with E-state index in [9.17, 15) is 0 Å². The Balaban J connectivity index is 2.14. The quantitative estimate of drug-likeness (QED) is 0.693. The van der Waals surface area contributed by atoms with Crippen molar-refractivity contribution in [3.8, 4) is 5.88 Å². The first-order chi connectivity index (χ1) is 10.7. The van der Waals surface area contributed by atoms with Gasteiger partial charge in [-0.3, -0.25) is 0 Å². The van der Waals surface area contributed by atoms with Crippen LogP contribution < -0.4 is 10.1 Å². The first-order valence-electron chi connectivity index (χ1n) is 9.01. The molecule has 1 aliphatic carbocycles. The Morgan fingerprint density at radius 3 is 2.68 bits per heavy atom. The van der Waals surface area contributed by atoms with Gasteiger partial charge in [0.2, 0.25) is 5.88 Å². The Morgan fingerprint density at radius 1 is 1.23 bits per heavy atom. The van der Waals surface area contributed by atoms with Gasteiger partial charge in [-0.05, 0) is 32.6 Å². The molecule has 0 bridgehead atoms. The van der Waals surface area contributed by atoms with Crippen LogP contribution in [0.5, 0.6) is 5.88 Å². The maximum Gasteiger partial charge on any atom is 0.218 e. The Labute approximate surface area is 135 Å². The van der Waals surface area contributed by atoms with Crippen molar-refractivity contribution in [1.29, 1.82) is 0 Å². The van der Waals surface area contributed by atoms with Gasteiger partial charge in [0.1, 0.15) is 11.6 Å². The summed E-state index contributed by atoms with van der Waals surface area (Å²) in [5, 5.41) is 3.47. The number of hydrogen-bond acceptors (Lipinski definition) is 4. The minimum atomic E-state index is 0.414. The SMILES string of the molecule is CCCCOc1cc(NC(C)CC)nc(C2CCCCC2)n1. The minimum Gasteiger partial charge on any atom is -0.478 e. The number of nitrogens with zero attached hydrogens (tertiary/aromatic N) is 2. The Bertz CT molecular complexity index is 444. The summed E-state index contributed by atoms with van der Waals surface area (Å²) < 4.78 is 5.84. The van der Waals surface area contributed by atoms with E-state index in [2.05, 4.69) is 31.1 Å². The molecule has 22 heavy (non-hydrogen) atoms. The number of hydrogen-bond donors (Lipinski definition) is 1. The van der Waals surface area contributed by atoms with E-state index in [-0.39, 0.29) is 0 Å². The summed E-state index contributed by atoms with van der Waals surface area (Å²) in [5.41, 5.74) is 0. The molecular weight excluding hydrogens is 274 g/mol. The molecule has 0 aromatic carbocycles. The first-order valence-corrected chi connectivity index (χ1v) is 9.01. The molecule has 4 nitrogen and oxygen atoms in total. The number of unbranched alkanes of at least 4 members (excludes halogenated alkanes) is 1. The van der Waals surface area contributed by atoms with Gasteiger partial charge < -0.3 is 10.1 Å². The zero-order chi connectivity index (χ0) is 15.8. The normalized spacial score (nSPS) is 17.2. The van der Waals surface area contributed by atoms with Crippen molar-refractivity contribution in [2.24, 2.45) is 0 Å². The number of anilines is 1.